The number of hydrogen-bond acceptors (Lipinski definition) is 6. The summed E-state index contributed by atoms with van der Waals surface area (Å²) in [6, 6.07) is 11.6. The van der Waals surface area contributed by atoms with Crippen molar-refractivity contribution in [1.29, 1.82) is 0 Å². The Morgan fingerprint density at radius 1 is 0.897 bits per heavy atom. The topological polar surface area (TPSA) is 95.1 Å². The standard InChI is InChI=1S/C21H26N2O6/c1-26-17-11-15(12-18(27-2)19(17)28-3)13-22-21(25)23-16(20(24)29-4)10-14-8-6-5-7-9-14/h5-9,11-12,16H,10,13H2,1-4H3,(H2,22,23,25)/t16-/m0/s1. The predicted octanol–water partition coefficient (Wildman–Crippen LogP) is 2.30. The van der Waals surface area contributed by atoms with Crippen LogP contribution in [0.4, 0.5) is 4.79 Å². The van der Waals surface area contributed by atoms with Crippen molar-refractivity contribution < 1.29 is 28.5 Å². The number of urea groups is 1. The van der Waals surface area contributed by atoms with Crippen LogP contribution in [0.3, 0.4) is 0 Å². The number of methoxy groups -OCH3 is 4. The third-order valence-corrected chi connectivity index (χ3v) is 4.25. The quantitative estimate of drug-likeness (QED) is 0.625. The molecule has 8 heteroatoms. The zero-order chi connectivity index (χ0) is 21.2. The van der Waals surface area contributed by atoms with Crippen molar-refractivity contribution in [2.45, 2.75) is 19.0 Å². The third-order valence-electron chi connectivity index (χ3n) is 4.25. The second kappa shape index (κ2) is 10.8. The van der Waals surface area contributed by atoms with E-state index in [1.165, 1.54) is 28.4 Å². The van der Waals surface area contributed by atoms with Crippen molar-refractivity contribution in [1.82, 2.24) is 10.6 Å². The lowest BCUT2D eigenvalue weighted by molar-refractivity contribution is -0.142. The second-order valence-electron chi connectivity index (χ2n) is 6.13. The number of esters is 1. The molecular weight excluding hydrogens is 376 g/mol. The fraction of sp³-hybridized carbons (Fsp3) is 0.333. The zero-order valence-corrected chi connectivity index (χ0v) is 17.0. The molecule has 1 atom stereocenters. The number of carbonyl (C=O) groups is 2. The van der Waals surface area contributed by atoms with Gasteiger partial charge in [-0.2, -0.15) is 0 Å². The molecule has 156 valence electrons. The summed E-state index contributed by atoms with van der Waals surface area (Å²) in [5, 5.41) is 5.38. The van der Waals surface area contributed by atoms with Crippen LogP contribution in [0.2, 0.25) is 0 Å². The average molecular weight is 402 g/mol. The lowest BCUT2D eigenvalue weighted by Crippen LogP contribution is -2.47. The molecule has 0 bridgehead atoms. The fourth-order valence-electron chi connectivity index (χ4n) is 2.81. The van der Waals surface area contributed by atoms with Crippen LogP contribution < -0.4 is 24.8 Å². The van der Waals surface area contributed by atoms with Gasteiger partial charge in [0.15, 0.2) is 11.5 Å². The Hall–Kier alpha value is -3.42. The molecule has 2 amide bonds. The Morgan fingerprint density at radius 2 is 1.52 bits per heavy atom. The first-order chi connectivity index (χ1) is 14.0. The highest BCUT2D eigenvalue weighted by Crippen LogP contribution is 2.38. The Kier molecular flexibility index (Phi) is 8.14. The normalized spacial score (nSPS) is 11.2. The molecule has 0 aliphatic carbocycles. The van der Waals surface area contributed by atoms with Gasteiger partial charge in [-0.05, 0) is 23.3 Å². The first-order valence-electron chi connectivity index (χ1n) is 8.97. The molecule has 2 aromatic carbocycles. The van der Waals surface area contributed by atoms with Crippen molar-refractivity contribution in [2.75, 3.05) is 28.4 Å². The number of benzene rings is 2. The third kappa shape index (κ3) is 6.03. The molecule has 8 nitrogen and oxygen atoms in total. The lowest BCUT2D eigenvalue weighted by atomic mass is 10.1. The van der Waals surface area contributed by atoms with E-state index in [0.717, 1.165) is 11.1 Å². The monoisotopic (exact) mass is 402 g/mol. The molecule has 0 saturated heterocycles. The van der Waals surface area contributed by atoms with Gasteiger partial charge in [0.2, 0.25) is 5.75 Å². The Labute approximate surface area is 170 Å². The van der Waals surface area contributed by atoms with Crippen LogP contribution in [0.15, 0.2) is 42.5 Å². The first-order valence-corrected chi connectivity index (χ1v) is 8.97. The summed E-state index contributed by atoms with van der Waals surface area (Å²) in [5.74, 6) is 0.926. The van der Waals surface area contributed by atoms with Crippen molar-refractivity contribution in [2.24, 2.45) is 0 Å². The number of amides is 2. The van der Waals surface area contributed by atoms with Gasteiger partial charge in [-0.25, -0.2) is 9.59 Å². The van der Waals surface area contributed by atoms with Gasteiger partial charge in [0.25, 0.3) is 0 Å². The van der Waals surface area contributed by atoms with Gasteiger partial charge >= 0.3 is 12.0 Å². The number of nitrogens with one attached hydrogen (secondary N) is 2. The van der Waals surface area contributed by atoms with Gasteiger partial charge in [-0.15, -0.1) is 0 Å². The molecule has 0 saturated carbocycles. The highest BCUT2D eigenvalue weighted by molar-refractivity contribution is 5.83. The zero-order valence-electron chi connectivity index (χ0n) is 17.0. The molecule has 2 rings (SSSR count). The summed E-state index contributed by atoms with van der Waals surface area (Å²) in [4.78, 5) is 24.4. The van der Waals surface area contributed by atoms with Crippen LogP contribution in [0.25, 0.3) is 0 Å². The number of hydrogen-bond donors (Lipinski definition) is 2. The Bertz CT molecular complexity index is 800. The van der Waals surface area contributed by atoms with Crippen LogP contribution in [0, 0.1) is 0 Å². The highest BCUT2D eigenvalue weighted by atomic mass is 16.5. The van der Waals surface area contributed by atoms with Crippen molar-refractivity contribution in [3.8, 4) is 17.2 Å². The van der Waals surface area contributed by atoms with E-state index >= 15 is 0 Å². The fourth-order valence-corrected chi connectivity index (χ4v) is 2.81. The number of carbonyl (C=O) groups excluding carboxylic acids is 2. The summed E-state index contributed by atoms with van der Waals surface area (Å²) in [6.45, 7) is 0.196. The molecule has 29 heavy (non-hydrogen) atoms. The maximum Gasteiger partial charge on any atom is 0.328 e. The Morgan fingerprint density at radius 3 is 2.03 bits per heavy atom. The molecule has 0 aliphatic heterocycles. The van der Waals surface area contributed by atoms with E-state index in [2.05, 4.69) is 10.6 Å². The summed E-state index contributed by atoms with van der Waals surface area (Å²) in [6.07, 6.45) is 0.325. The van der Waals surface area contributed by atoms with E-state index in [9.17, 15) is 9.59 Å². The maximum atomic E-state index is 12.4. The number of ether oxygens (including phenoxy) is 4. The van der Waals surface area contributed by atoms with Crippen molar-refractivity contribution in [3.05, 3.63) is 53.6 Å². The minimum atomic E-state index is -0.803. The number of rotatable bonds is 9. The minimum absolute atomic E-state index is 0.196. The highest BCUT2D eigenvalue weighted by Gasteiger charge is 2.22. The van der Waals surface area contributed by atoms with Crippen molar-refractivity contribution in [3.63, 3.8) is 0 Å². The maximum absolute atomic E-state index is 12.4. The lowest BCUT2D eigenvalue weighted by Gasteiger charge is -2.18. The molecule has 0 heterocycles. The molecular formula is C21H26N2O6. The SMILES string of the molecule is COC(=O)[C@H](Cc1ccccc1)NC(=O)NCc1cc(OC)c(OC)c(OC)c1. The van der Waals surface area contributed by atoms with E-state index in [-0.39, 0.29) is 6.54 Å². The van der Waals surface area contributed by atoms with Gasteiger partial charge in [0.05, 0.1) is 28.4 Å². The second-order valence-corrected chi connectivity index (χ2v) is 6.13. The van der Waals surface area contributed by atoms with Crippen LogP contribution in [-0.4, -0.2) is 46.5 Å². The van der Waals surface area contributed by atoms with Crippen LogP contribution in [-0.2, 0) is 22.5 Å². The van der Waals surface area contributed by atoms with Gasteiger partial charge in [0, 0.05) is 13.0 Å². The van der Waals surface area contributed by atoms with Crippen LogP contribution >= 0.6 is 0 Å². The summed E-state index contributed by atoms with van der Waals surface area (Å²) in [7, 11) is 5.85. The molecule has 0 spiro atoms. The smallest absolute Gasteiger partial charge is 0.328 e. The molecule has 2 N–H and O–H groups in total. The first kappa shape index (κ1) is 21.9. The van der Waals surface area contributed by atoms with Gasteiger partial charge in [-0.1, -0.05) is 30.3 Å². The molecule has 2 aromatic rings. The minimum Gasteiger partial charge on any atom is -0.493 e. The molecule has 0 aliphatic rings. The van der Waals surface area contributed by atoms with E-state index in [4.69, 9.17) is 18.9 Å². The van der Waals surface area contributed by atoms with Crippen LogP contribution in [0.5, 0.6) is 17.2 Å². The van der Waals surface area contributed by atoms with E-state index in [0.29, 0.717) is 23.7 Å². The predicted molar refractivity (Wildman–Crippen MR) is 107 cm³/mol. The molecule has 0 aromatic heterocycles. The van der Waals surface area contributed by atoms with E-state index in [1.54, 1.807) is 12.1 Å². The van der Waals surface area contributed by atoms with Gasteiger partial charge in [-0.3, -0.25) is 0 Å². The van der Waals surface area contributed by atoms with E-state index in [1.807, 2.05) is 30.3 Å². The van der Waals surface area contributed by atoms with E-state index < -0.39 is 18.0 Å². The summed E-state index contributed by atoms with van der Waals surface area (Å²) >= 11 is 0. The summed E-state index contributed by atoms with van der Waals surface area (Å²) < 4.78 is 20.7. The summed E-state index contributed by atoms with van der Waals surface area (Å²) in [5.41, 5.74) is 1.65. The largest absolute Gasteiger partial charge is 0.493 e. The molecule has 0 unspecified atom stereocenters. The Balaban J connectivity index is 2.04. The van der Waals surface area contributed by atoms with Gasteiger partial charge in [0.1, 0.15) is 6.04 Å². The van der Waals surface area contributed by atoms with Gasteiger partial charge < -0.3 is 29.6 Å². The average Bonchev–Trinajstić information content (AvgIpc) is 2.76. The van der Waals surface area contributed by atoms with Crippen LogP contribution in [0.1, 0.15) is 11.1 Å². The molecule has 0 fully saturated rings. The molecule has 0 radical (unpaired) electrons. The van der Waals surface area contributed by atoms with Crippen molar-refractivity contribution >= 4 is 12.0 Å².